The fourth-order valence-electron chi connectivity index (χ4n) is 3.77. The van der Waals surface area contributed by atoms with Crippen LogP contribution in [0.25, 0.3) is 0 Å². The van der Waals surface area contributed by atoms with Crippen molar-refractivity contribution in [3.63, 3.8) is 0 Å². The molecule has 190 valence electrons. The number of rotatable bonds is 8. The summed E-state index contributed by atoms with van der Waals surface area (Å²) in [6.45, 7) is 8.09. The van der Waals surface area contributed by atoms with Crippen LogP contribution >= 0.6 is 0 Å². The summed E-state index contributed by atoms with van der Waals surface area (Å²) in [6, 6.07) is 15.7. The number of amides is 1. The molecule has 1 amide bonds. The molecule has 0 radical (unpaired) electrons. The molecule has 3 aromatic rings. The molecule has 2 heterocycles. The summed E-state index contributed by atoms with van der Waals surface area (Å²) in [5.41, 5.74) is 3.11. The molecule has 1 aliphatic heterocycles. The van der Waals surface area contributed by atoms with Crippen LogP contribution in [0.1, 0.15) is 25.1 Å². The van der Waals surface area contributed by atoms with Crippen molar-refractivity contribution < 1.29 is 17.9 Å². The summed E-state index contributed by atoms with van der Waals surface area (Å²) in [4.78, 5) is 24.1. The largest absolute Gasteiger partial charge is 0.378 e. The van der Waals surface area contributed by atoms with Gasteiger partial charge in [0.05, 0.1) is 29.8 Å². The van der Waals surface area contributed by atoms with Crippen LogP contribution in [0.3, 0.4) is 0 Å². The Morgan fingerprint density at radius 1 is 1.00 bits per heavy atom. The number of anilines is 4. The van der Waals surface area contributed by atoms with E-state index in [2.05, 4.69) is 25.5 Å². The third-order valence-corrected chi connectivity index (χ3v) is 7.99. The van der Waals surface area contributed by atoms with Crippen LogP contribution in [0.2, 0.25) is 0 Å². The lowest BCUT2D eigenvalue weighted by atomic mass is 10.1. The standard InChI is InChI=1S/C26H31N5O4S/c1-18(2)36(33,34)23-10-4-20(5-11-23)17-25(32)29-22-8-6-21(7-9-22)28-24-16-19(3)27-26(30-24)31-12-14-35-15-13-31/h4-11,16,18H,12-15,17H2,1-3H3,(H,29,32)(H,27,28,30). The van der Waals surface area contributed by atoms with Gasteiger partial charge in [0.25, 0.3) is 0 Å². The second-order valence-electron chi connectivity index (χ2n) is 8.96. The van der Waals surface area contributed by atoms with Crippen molar-refractivity contribution in [3.8, 4) is 0 Å². The molecular weight excluding hydrogens is 478 g/mol. The topological polar surface area (TPSA) is 114 Å². The molecule has 0 aliphatic carbocycles. The first-order valence-electron chi connectivity index (χ1n) is 11.9. The lowest BCUT2D eigenvalue weighted by Gasteiger charge is -2.27. The number of hydrogen-bond acceptors (Lipinski definition) is 8. The molecule has 0 unspecified atom stereocenters. The van der Waals surface area contributed by atoms with Gasteiger partial charge >= 0.3 is 0 Å². The number of ether oxygens (including phenoxy) is 1. The molecule has 1 saturated heterocycles. The molecule has 2 N–H and O–H groups in total. The zero-order valence-electron chi connectivity index (χ0n) is 20.7. The van der Waals surface area contributed by atoms with Crippen LogP contribution in [-0.4, -0.2) is 55.8 Å². The maximum absolute atomic E-state index is 12.5. The summed E-state index contributed by atoms with van der Waals surface area (Å²) in [5, 5.41) is 5.68. The van der Waals surface area contributed by atoms with E-state index < -0.39 is 15.1 Å². The predicted molar refractivity (Wildman–Crippen MR) is 141 cm³/mol. The van der Waals surface area contributed by atoms with Gasteiger partial charge < -0.3 is 20.3 Å². The molecule has 0 bridgehead atoms. The summed E-state index contributed by atoms with van der Waals surface area (Å²) in [5.74, 6) is 1.19. The summed E-state index contributed by atoms with van der Waals surface area (Å²) in [7, 11) is -3.33. The highest BCUT2D eigenvalue weighted by Gasteiger charge is 2.19. The van der Waals surface area contributed by atoms with Gasteiger partial charge in [-0.3, -0.25) is 4.79 Å². The Balaban J connectivity index is 1.35. The van der Waals surface area contributed by atoms with Gasteiger partial charge in [-0.1, -0.05) is 12.1 Å². The number of aryl methyl sites for hydroxylation is 1. The second-order valence-corrected chi connectivity index (χ2v) is 11.5. The van der Waals surface area contributed by atoms with E-state index in [0.717, 1.165) is 30.0 Å². The Hall–Kier alpha value is -3.50. The number of aromatic nitrogens is 2. The Labute approximate surface area is 211 Å². The molecule has 10 heteroatoms. The number of benzene rings is 2. The van der Waals surface area contributed by atoms with Gasteiger partial charge in [0.15, 0.2) is 9.84 Å². The lowest BCUT2D eigenvalue weighted by molar-refractivity contribution is -0.115. The number of morpholine rings is 1. The van der Waals surface area contributed by atoms with E-state index in [9.17, 15) is 13.2 Å². The molecular formula is C26H31N5O4S. The van der Waals surface area contributed by atoms with Crippen LogP contribution in [0.5, 0.6) is 0 Å². The van der Waals surface area contributed by atoms with E-state index >= 15 is 0 Å². The SMILES string of the molecule is Cc1cc(Nc2ccc(NC(=O)Cc3ccc(S(=O)(=O)C(C)C)cc3)cc2)nc(N2CCOCC2)n1. The molecule has 1 fully saturated rings. The van der Waals surface area contributed by atoms with Crippen molar-refractivity contribution in [3.05, 3.63) is 65.9 Å². The second kappa shape index (κ2) is 11.0. The highest BCUT2D eigenvalue weighted by molar-refractivity contribution is 7.92. The molecule has 0 atom stereocenters. The van der Waals surface area contributed by atoms with Gasteiger partial charge in [-0.25, -0.2) is 13.4 Å². The molecule has 0 spiro atoms. The highest BCUT2D eigenvalue weighted by atomic mass is 32.2. The van der Waals surface area contributed by atoms with E-state index in [1.165, 1.54) is 0 Å². The third kappa shape index (κ3) is 6.38. The van der Waals surface area contributed by atoms with Crippen LogP contribution in [-0.2, 0) is 25.8 Å². The van der Waals surface area contributed by atoms with Crippen molar-refractivity contribution in [1.82, 2.24) is 9.97 Å². The molecule has 36 heavy (non-hydrogen) atoms. The van der Waals surface area contributed by atoms with E-state index in [4.69, 9.17) is 4.74 Å². The third-order valence-electron chi connectivity index (χ3n) is 5.81. The molecule has 9 nitrogen and oxygen atoms in total. The minimum absolute atomic E-state index is 0.145. The normalized spacial score (nSPS) is 14.1. The minimum atomic E-state index is -3.33. The molecule has 1 aromatic heterocycles. The summed E-state index contributed by atoms with van der Waals surface area (Å²) >= 11 is 0. The first kappa shape index (κ1) is 25.6. The van der Waals surface area contributed by atoms with E-state index in [1.807, 2.05) is 37.3 Å². The zero-order chi connectivity index (χ0) is 25.7. The number of carbonyl (C=O) groups is 1. The van der Waals surface area contributed by atoms with Crippen molar-refractivity contribution in [1.29, 1.82) is 0 Å². The smallest absolute Gasteiger partial charge is 0.228 e. The number of nitrogens with one attached hydrogen (secondary N) is 2. The zero-order valence-corrected chi connectivity index (χ0v) is 21.5. The number of nitrogens with zero attached hydrogens (tertiary/aromatic N) is 3. The van der Waals surface area contributed by atoms with Crippen molar-refractivity contribution in [2.24, 2.45) is 0 Å². The van der Waals surface area contributed by atoms with Crippen LogP contribution < -0.4 is 15.5 Å². The van der Waals surface area contributed by atoms with Gasteiger partial charge in [-0.15, -0.1) is 0 Å². The fraction of sp³-hybridized carbons (Fsp3) is 0.346. The maximum Gasteiger partial charge on any atom is 0.228 e. The van der Waals surface area contributed by atoms with Crippen LogP contribution in [0, 0.1) is 6.92 Å². The summed E-state index contributed by atoms with van der Waals surface area (Å²) < 4.78 is 29.9. The predicted octanol–water partition coefficient (Wildman–Crippen LogP) is 3.73. The first-order valence-corrected chi connectivity index (χ1v) is 13.4. The quantitative estimate of drug-likeness (QED) is 0.472. The average Bonchev–Trinajstić information content (AvgIpc) is 2.85. The van der Waals surface area contributed by atoms with Crippen LogP contribution in [0.15, 0.2) is 59.5 Å². The fourth-order valence-corrected chi connectivity index (χ4v) is 4.83. The van der Waals surface area contributed by atoms with E-state index in [-0.39, 0.29) is 17.2 Å². The van der Waals surface area contributed by atoms with Crippen molar-refractivity contribution >= 4 is 38.9 Å². The number of carbonyl (C=O) groups excluding carboxylic acids is 1. The Bertz CT molecular complexity index is 1300. The number of sulfone groups is 1. The minimum Gasteiger partial charge on any atom is -0.378 e. The molecule has 0 saturated carbocycles. The Morgan fingerprint density at radius 2 is 1.64 bits per heavy atom. The number of hydrogen-bond donors (Lipinski definition) is 2. The lowest BCUT2D eigenvalue weighted by Crippen LogP contribution is -2.37. The Morgan fingerprint density at radius 3 is 2.28 bits per heavy atom. The average molecular weight is 510 g/mol. The molecule has 4 rings (SSSR count). The van der Waals surface area contributed by atoms with Crippen molar-refractivity contribution in [2.45, 2.75) is 37.3 Å². The Kier molecular flexibility index (Phi) is 7.85. The first-order chi connectivity index (χ1) is 17.2. The maximum atomic E-state index is 12.5. The highest BCUT2D eigenvalue weighted by Crippen LogP contribution is 2.21. The van der Waals surface area contributed by atoms with Gasteiger partial charge in [-0.2, -0.15) is 4.98 Å². The van der Waals surface area contributed by atoms with E-state index in [0.29, 0.717) is 30.7 Å². The van der Waals surface area contributed by atoms with Gasteiger partial charge in [-0.05, 0) is 62.7 Å². The molecule has 2 aromatic carbocycles. The summed E-state index contributed by atoms with van der Waals surface area (Å²) in [6.07, 6.45) is 0.145. The van der Waals surface area contributed by atoms with E-state index in [1.54, 1.807) is 38.1 Å². The van der Waals surface area contributed by atoms with Crippen molar-refractivity contribution in [2.75, 3.05) is 41.8 Å². The van der Waals surface area contributed by atoms with Gasteiger partial charge in [0.2, 0.25) is 11.9 Å². The van der Waals surface area contributed by atoms with Gasteiger partial charge in [0, 0.05) is 36.2 Å². The molecule has 1 aliphatic rings. The van der Waals surface area contributed by atoms with Gasteiger partial charge in [0.1, 0.15) is 5.82 Å². The monoisotopic (exact) mass is 509 g/mol. The van der Waals surface area contributed by atoms with Crippen LogP contribution in [0.4, 0.5) is 23.1 Å².